The number of carboxylic acid groups (broad SMARTS) is 1. The lowest BCUT2D eigenvalue weighted by molar-refractivity contribution is -0.138. The van der Waals surface area contributed by atoms with Crippen molar-refractivity contribution in [3.8, 4) is 0 Å². The fourth-order valence-corrected chi connectivity index (χ4v) is 6.18. The maximum Gasteiger partial charge on any atom is 0.322 e. The van der Waals surface area contributed by atoms with E-state index < -0.39 is 5.97 Å². The molecule has 0 aliphatic rings. The van der Waals surface area contributed by atoms with Crippen LogP contribution >= 0.6 is 11.8 Å². The molecule has 0 bridgehead atoms. The molecule has 0 aromatic heterocycles. The summed E-state index contributed by atoms with van der Waals surface area (Å²) in [5, 5.41) is 10.9. The highest BCUT2D eigenvalue weighted by Crippen LogP contribution is 2.15. The molecule has 0 saturated heterocycles. The van der Waals surface area contributed by atoms with E-state index in [2.05, 4.69) is 30.9 Å². The van der Waals surface area contributed by atoms with Gasteiger partial charge in [-0.15, -0.1) is 0 Å². The molecule has 0 atom stereocenters. The summed E-state index contributed by atoms with van der Waals surface area (Å²) in [6.45, 7) is 5.78. The van der Waals surface area contributed by atoms with Gasteiger partial charge in [0.25, 0.3) is 0 Å². The van der Waals surface area contributed by atoms with E-state index in [1.807, 2.05) is 4.90 Å². The van der Waals surface area contributed by atoms with Crippen molar-refractivity contribution >= 4 is 29.5 Å². The summed E-state index contributed by atoms with van der Waals surface area (Å²) in [7, 11) is 0. The number of carboxylic acids is 1. The molecule has 0 aliphatic carbocycles. The number of carbonyl (C=O) groups excluding carboxylic acids is 2. The normalized spacial score (nSPS) is 11.1. The van der Waals surface area contributed by atoms with Crippen molar-refractivity contribution in [1.29, 1.82) is 0 Å². The first-order valence-corrected chi connectivity index (χ1v) is 18.5. The summed E-state index contributed by atoms with van der Waals surface area (Å²) < 4.78 is 0. The van der Waals surface area contributed by atoms with E-state index in [0.29, 0.717) is 18.7 Å². The van der Waals surface area contributed by atoms with Crippen LogP contribution in [0.15, 0.2) is 0 Å². The second-order valence-corrected chi connectivity index (χ2v) is 12.9. The zero-order valence-electron chi connectivity index (χ0n) is 27.0. The summed E-state index contributed by atoms with van der Waals surface area (Å²) in [5.74, 6) is 1.74. The molecule has 2 amide bonds. The maximum atomic E-state index is 12.6. The minimum atomic E-state index is -1.00. The van der Waals surface area contributed by atoms with Crippen LogP contribution in [0, 0.1) is 0 Å². The number of hydrogen-bond acceptors (Lipinski definition) is 4. The van der Waals surface area contributed by atoms with Crippen molar-refractivity contribution in [2.24, 2.45) is 0 Å². The van der Waals surface area contributed by atoms with Gasteiger partial charge in [-0.25, -0.2) is 0 Å². The minimum Gasteiger partial charge on any atom is -0.480 e. The van der Waals surface area contributed by atoms with Gasteiger partial charge in [0.1, 0.15) is 6.54 Å². The van der Waals surface area contributed by atoms with Crippen LogP contribution in [-0.4, -0.2) is 58.9 Å². The predicted octanol–water partition coefficient (Wildman–Crippen LogP) is 9.15. The molecule has 0 aliphatic heterocycles. The van der Waals surface area contributed by atoms with Crippen molar-refractivity contribution in [3.05, 3.63) is 0 Å². The smallest absolute Gasteiger partial charge is 0.322 e. The molecule has 0 spiro atoms. The van der Waals surface area contributed by atoms with Crippen LogP contribution in [0.2, 0.25) is 0 Å². The van der Waals surface area contributed by atoms with Crippen LogP contribution in [-0.2, 0) is 14.4 Å². The van der Waals surface area contributed by atoms with Gasteiger partial charge in [0.05, 0.1) is 0 Å². The number of amides is 2. The molecule has 0 fully saturated rings. The lowest BCUT2D eigenvalue weighted by atomic mass is 10.1. The molecular weight excluding hydrogens is 532 g/mol. The summed E-state index contributed by atoms with van der Waals surface area (Å²) in [6, 6.07) is 0. The first-order valence-electron chi connectivity index (χ1n) is 17.3. The highest BCUT2D eigenvalue weighted by atomic mass is 32.2. The molecule has 6 nitrogen and oxygen atoms in total. The van der Waals surface area contributed by atoms with Crippen LogP contribution < -0.4 is 5.32 Å². The summed E-state index contributed by atoms with van der Waals surface area (Å²) >= 11 is 2.12. The molecule has 2 N–H and O–H groups in total. The van der Waals surface area contributed by atoms with E-state index in [4.69, 9.17) is 5.11 Å². The van der Waals surface area contributed by atoms with Gasteiger partial charge in [-0.3, -0.25) is 14.4 Å². The SMILES string of the molecule is CCCCCCCCCCCCSCCCCCCC(=O)N(CC)CCCCCCCCCCC(=O)NCC(=O)O. The summed E-state index contributed by atoms with van der Waals surface area (Å²) in [6.07, 6.45) is 28.7. The topological polar surface area (TPSA) is 86.7 Å². The Morgan fingerprint density at radius 3 is 1.51 bits per heavy atom. The van der Waals surface area contributed by atoms with E-state index in [1.54, 1.807) is 0 Å². The van der Waals surface area contributed by atoms with E-state index in [-0.39, 0.29) is 12.5 Å². The first kappa shape index (κ1) is 39.8. The van der Waals surface area contributed by atoms with Crippen LogP contribution in [0.25, 0.3) is 0 Å². The molecule has 0 rings (SSSR count). The van der Waals surface area contributed by atoms with Gasteiger partial charge in [-0.05, 0) is 50.5 Å². The molecule has 0 heterocycles. The van der Waals surface area contributed by atoms with Crippen molar-refractivity contribution in [1.82, 2.24) is 10.2 Å². The van der Waals surface area contributed by atoms with E-state index in [9.17, 15) is 14.4 Å². The number of unbranched alkanes of at least 4 members (excludes halogenated alkanes) is 19. The summed E-state index contributed by atoms with van der Waals surface area (Å²) in [4.78, 5) is 36.5. The van der Waals surface area contributed by atoms with Crippen LogP contribution in [0.4, 0.5) is 0 Å². The number of nitrogens with zero attached hydrogens (tertiary/aromatic N) is 1. The Kier molecular flexibility index (Phi) is 30.7. The lowest BCUT2D eigenvalue weighted by Gasteiger charge is -2.21. The maximum absolute atomic E-state index is 12.6. The average molecular weight is 599 g/mol. The van der Waals surface area contributed by atoms with Gasteiger partial charge in [0.2, 0.25) is 11.8 Å². The van der Waals surface area contributed by atoms with Crippen molar-refractivity contribution in [2.75, 3.05) is 31.1 Å². The second-order valence-electron chi connectivity index (χ2n) is 11.7. The Labute approximate surface area is 257 Å². The number of rotatable bonds is 32. The third kappa shape index (κ3) is 30.0. The van der Waals surface area contributed by atoms with Gasteiger partial charge in [-0.1, -0.05) is 116 Å². The summed E-state index contributed by atoms with van der Waals surface area (Å²) in [5.41, 5.74) is 0. The number of thioether (sulfide) groups is 1. The van der Waals surface area contributed by atoms with Gasteiger partial charge in [0, 0.05) is 25.9 Å². The van der Waals surface area contributed by atoms with Gasteiger partial charge >= 0.3 is 5.97 Å². The molecule has 0 radical (unpaired) electrons. The largest absolute Gasteiger partial charge is 0.480 e. The zero-order chi connectivity index (χ0) is 30.2. The molecule has 41 heavy (non-hydrogen) atoms. The van der Waals surface area contributed by atoms with E-state index >= 15 is 0 Å². The molecule has 242 valence electrons. The van der Waals surface area contributed by atoms with Gasteiger partial charge < -0.3 is 15.3 Å². The zero-order valence-corrected chi connectivity index (χ0v) is 27.9. The molecule has 0 aromatic carbocycles. The van der Waals surface area contributed by atoms with Crippen molar-refractivity contribution in [2.45, 2.75) is 168 Å². The highest BCUT2D eigenvalue weighted by Gasteiger charge is 2.10. The fraction of sp³-hybridized carbons (Fsp3) is 0.912. The van der Waals surface area contributed by atoms with Crippen molar-refractivity contribution in [3.63, 3.8) is 0 Å². The third-order valence-electron chi connectivity index (χ3n) is 7.82. The second kappa shape index (κ2) is 31.7. The molecular formula is C34H66N2O4S. The first-order chi connectivity index (χ1) is 20.0. The third-order valence-corrected chi connectivity index (χ3v) is 8.98. The van der Waals surface area contributed by atoms with Crippen LogP contribution in [0.1, 0.15) is 168 Å². The predicted molar refractivity (Wildman–Crippen MR) is 177 cm³/mol. The average Bonchev–Trinajstić information content (AvgIpc) is 2.96. The van der Waals surface area contributed by atoms with Gasteiger partial charge in [0.15, 0.2) is 0 Å². The number of carbonyl (C=O) groups is 3. The molecule has 0 saturated carbocycles. The monoisotopic (exact) mass is 598 g/mol. The van der Waals surface area contributed by atoms with Gasteiger partial charge in [-0.2, -0.15) is 11.8 Å². The fourth-order valence-electron chi connectivity index (χ4n) is 5.16. The highest BCUT2D eigenvalue weighted by molar-refractivity contribution is 7.99. The Morgan fingerprint density at radius 2 is 1.02 bits per heavy atom. The number of aliphatic carboxylic acids is 1. The standard InChI is InChI=1S/C34H66N2O4S/c1-3-5-6-7-8-9-12-15-19-24-29-41-30-25-20-17-22-27-33(38)36(4-2)28-23-18-14-11-10-13-16-21-26-32(37)35-31-34(39)40/h3-31H2,1-2H3,(H,35,37)(H,39,40). The Morgan fingerprint density at radius 1 is 0.585 bits per heavy atom. The Hall–Kier alpha value is -1.24. The van der Waals surface area contributed by atoms with E-state index in [0.717, 1.165) is 51.6 Å². The molecule has 0 aromatic rings. The van der Waals surface area contributed by atoms with E-state index in [1.165, 1.54) is 114 Å². The Balaban J connectivity index is 3.45. The quantitative estimate of drug-likeness (QED) is 0.0754. The van der Waals surface area contributed by atoms with Crippen LogP contribution in [0.3, 0.4) is 0 Å². The minimum absolute atomic E-state index is 0.174. The lowest BCUT2D eigenvalue weighted by Crippen LogP contribution is -2.31. The molecule has 0 unspecified atom stereocenters. The van der Waals surface area contributed by atoms with Crippen molar-refractivity contribution < 1.29 is 19.5 Å². The van der Waals surface area contributed by atoms with Crippen LogP contribution in [0.5, 0.6) is 0 Å². The number of hydrogen-bond donors (Lipinski definition) is 2. The molecule has 7 heteroatoms. The number of nitrogens with one attached hydrogen (secondary N) is 1. The Bertz CT molecular complexity index is 618.